The molecule has 3 nitrogen and oxygen atoms in total. The topological polar surface area (TPSA) is 53.0 Å². The van der Waals surface area contributed by atoms with Crippen LogP contribution in [-0.4, -0.2) is 28.3 Å². The first-order valence-corrected chi connectivity index (χ1v) is 6.51. The number of nitrogens with one attached hydrogen (secondary N) is 2. The molecule has 1 aliphatic heterocycles. The second kappa shape index (κ2) is 4.23. The van der Waals surface area contributed by atoms with Gasteiger partial charge in [0.15, 0.2) is 0 Å². The van der Waals surface area contributed by atoms with E-state index in [1.54, 1.807) is 0 Å². The summed E-state index contributed by atoms with van der Waals surface area (Å²) in [6, 6.07) is 0.337. The lowest BCUT2D eigenvalue weighted by Crippen LogP contribution is -2.39. The van der Waals surface area contributed by atoms with Crippen LogP contribution in [0.2, 0.25) is 0 Å². The van der Waals surface area contributed by atoms with Gasteiger partial charge in [-0.15, -0.1) is 0 Å². The lowest BCUT2D eigenvalue weighted by Gasteiger charge is -2.23. The van der Waals surface area contributed by atoms with Gasteiger partial charge < -0.3 is 5.32 Å². The second-order valence-corrected chi connectivity index (χ2v) is 5.95. The molecule has 0 aromatic carbocycles. The normalized spacial score (nSPS) is 29.6. The summed E-state index contributed by atoms with van der Waals surface area (Å²) in [5.74, 6) is 1.04. The predicted octanol–water partition coefficient (Wildman–Crippen LogP) is 1.20. The third-order valence-electron chi connectivity index (χ3n) is 2.35. The molecular formula is C8H18N2OS. The van der Waals surface area contributed by atoms with Crippen molar-refractivity contribution >= 4 is 9.73 Å². The van der Waals surface area contributed by atoms with Gasteiger partial charge in [0.2, 0.25) is 0 Å². The Labute approximate surface area is 74.9 Å². The van der Waals surface area contributed by atoms with E-state index in [4.69, 9.17) is 4.78 Å². The van der Waals surface area contributed by atoms with Crippen LogP contribution < -0.4 is 5.32 Å². The first-order valence-electron chi connectivity index (χ1n) is 4.61. The minimum atomic E-state index is -2.28. The monoisotopic (exact) mass is 190 g/mol. The van der Waals surface area contributed by atoms with Gasteiger partial charge in [0.1, 0.15) is 0 Å². The maximum Gasteiger partial charge on any atom is 0.0469 e. The Bertz CT molecular complexity index is 217. The zero-order valence-corrected chi connectivity index (χ0v) is 8.45. The van der Waals surface area contributed by atoms with Gasteiger partial charge in [-0.2, -0.15) is 0 Å². The molecule has 0 aromatic rings. The number of piperidine rings is 1. The number of rotatable bonds is 3. The number of hydrogen-bond acceptors (Lipinski definition) is 3. The van der Waals surface area contributed by atoms with Crippen LogP contribution >= 0.6 is 0 Å². The van der Waals surface area contributed by atoms with Crippen molar-refractivity contribution < 1.29 is 4.21 Å². The third-order valence-corrected chi connectivity index (χ3v) is 4.22. The van der Waals surface area contributed by atoms with Gasteiger partial charge >= 0.3 is 0 Å². The molecule has 1 aliphatic rings. The molecule has 0 bridgehead atoms. The quantitative estimate of drug-likeness (QED) is 0.702. The molecule has 2 atom stereocenters. The third kappa shape index (κ3) is 3.11. The van der Waals surface area contributed by atoms with Crippen LogP contribution in [0.15, 0.2) is 0 Å². The van der Waals surface area contributed by atoms with Gasteiger partial charge in [0, 0.05) is 27.3 Å². The molecule has 0 aliphatic carbocycles. The van der Waals surface area contributed by atoms with Crippen molar-refractivity contribution in [2.24, 2.45) is 0 Å². The summed E-state index contributed by atoms with van der Waals surface area (Å²) in [4.78, 5) is 0. The largest absolute Gasteiger partial charge is 0.313 e. The minimum absolute atomic E-state index is 0.337. The predicted molar refractivity (Wildman–Crippen MR) is 51.9 cm³/mol. The van der Waals surface area contributed by atoms with Crippen molar-refractivity contribution in [2.75, 3.05) is 18.1 Å². The van der Waals surface area contributed by atoms with Gasteiger partial charge in [-0.25, -0.2) is 4.21 Å². The highest BCUT2D eigenvalue weighted by molar-refractivity contribution is 7.92. The Morgan fingerprint density at radius 1 is 1.58 bits per heavy atom. The molecule has 72 valence electrons. The molecule has 0 amide bonds. The maximum atomic E-state index is 11.4. The van der Waals surface area contributed by atoms with E-state index in [1.165, 1.54) is 12.8 Å². The molecule has 4 heteroatoms. The van der Waals surface area contributed by atoms with Crippen molar-refractivity contribution in [1.29, 1.82) is 4.78 Å². The van der Waals surface area contributed by atoms with Crippen LogP contribution in [-0.2, 0) is 9.73 Å². The molecule has 1 fully saturated rings. The Kier molecular flexibility index (Phi) is 3.53. The Morgan fingerprint density at radius 3 is 2.83 bits per heavy atom. The SMILES string of the molecule is CCS(=N)(=O)CC1CCCCN1. The molecule has 1 heterocycles. The van der Waals surface area contributed by atoms with Crippen LogP contribution in [0.5, 0.6) is 0 Å². The molecule has 1 saturated heterocycles. The highest BCUT2D eigenvalue weighted by Crippen LogP contribution is 2.09. The maximum absolute atomic E-state index is 11.4. The van der Waals surface area contributed by atoms with Crippen molar-refractivity contribution in [3.05, 3.63) is 0 Å². The highest BCUT2D eigenvalue weighted by atomic mass is 32.2. The fourth-order valence-corrected chi connectivity index (χ4v) is 2.68. The first kappa shape index (κ1) is 9.99. The Morgan fingerprint density at radius 2 is 2.33 bits per heavy atom. The Hall–Kier alpha value is -0.0900. The van der Waals surface area contributed by atoms with E-state index in [0.29, 0.717) is 17.5 Å². The van der Waals surface area contributed by atoms with Crippen LogP contribution in [0.25, 0.3) is 0 Å². The molecular weight excluding hydrogens is 172 g/mol. The van der Waals surface area contributed by atoms with E-state index in [0.717, 1.165) is 13.0 Å². The van der Waals surface area contributed by atoms with E-state index < -0.39 is 9.73 Å². The zero-order chi connectivity index (χ0) is 9.03. The standard InChI is InChI=1S/C8H18N2OS/c1-2-12(9,11)7-8-5-3-4-6-10-8/h8-10H,2-7H2,1H3. The average molecular weight is 190 g/mol. The van der Waals surface area contributed by atoms with Crippen LogP contribution in [0.3, 0.4) is 0 Å². The molecule has 12 heavy (non-hydrogen) atoms. The lowest BCUT2D eigenvalue weighted by atomic mass is 10.1. The molecule has 0 saturated carbocycles. The summed E-state index contributed by atoms with van der Waals surface area (Å²) in [6.45, 7) is 2.86. The molecule has 0 aromatic heterocycles. The van der Waals surface area contributed by atoms with Crippen molar-refractivity contribution in [2.45, 2.75) is 32.2 Å². The number of hydrogen-bond donors (Lipinski definition) is 2. The molecule has 0 spiro atoms. The van der Waals surface area contributed by atoms with Crippen LogP contribution in [0.4, 0.5) is 0 Å². The molecule has 0 radical (unpaired) electrons. The van der Waals surface area contributed by atoms with Gasteiger partial charge in [-0.05, 0) is 19.4 Å². The highest BCUT2D eigenvalue weighted by Gasteiger charge is 2.16. The van der Waals surface area contributed by atoms with E-state index >= 15 is 0 Å². The fourth-order valence-electron chi connectivity index (χ4n) is 1.51. The van der Waals surface area contributed by atoms with E-state index in [-0.39, 0.29) is 0 Å². The van der Waals surface area contributed by atoms with Gasteiger partial charge in [0.05, 0.1) is 0 Å². The lowest BCUT2D eigenvalue weighted by molar-refractivity contribution is 0.427. The van der Waals surface area contributed by atoms with Crippen molar-refractivity contribution in [3.63, 3.8) is 0 Å². The molecule has 2 N–H and O–H groups in total. The summed E-state index contributed by atoms with van der Waals surface area (Å²) in [5.41, 5.74) is 0. The fraction of sp³-hybridized carbons (Fsp3) is 1.00. The molecule has 1 rings (SSSR count). The smallest absolute Gasteiger partial charge is 0.0469 e. The van der Waals surface area contributed by atoms with Crippen molar-refractivity contribution in [1.82, 2.24) is 5.32 Å². The summed E-state index contributed by atoms with van der Waals surface area (Å²) in [7, 11) is -2.28. The van der Waals surface area contributed by atoms with E-state index in [2.05, 4.69) is 5.32 Å². The summed E-state index contributed by atoms with van der Waals surface area (Å²) >= 11 is 0. The summed E-state index contributed by atoms with van der Waals surface area (Å²) in [6.07, 6.45) is 3.54. The van der Waals surface area contributed by atoms with Crippen molar-refractivity contribution in [3.8, 4) is 0 Å². The zero-order valence-electron chi connectivity index (χ0n) is 7.64. The van der Waals surface area contributed by atoms with E-state index in [1.807, 2.05) is 6.92 Å². The summed E-state index contributed by atoms with van der Waals surface area (Å²) in [5, 5.41) is 3.31. The second-order valence-electron chi connectivity index (χ2n) is 3.41. The first-order chi connectivity index (χ1) is 5.64. The van der Waals surface area contributed by atoms with Gasteiger partial charge in [0.25, 0.3) is 0 Å². The van der Waals surface area contributed by atoms with Crippen LogP contribution in [0.1, 0.15) is 26.2 Å². The van der Waals surface area contributed by atoms with Crippen LogP contribution in [0, 0.1) is 4.78 Å². The Balaban J connectivity index is 2.39. The van der Waals surface area contributed by atoms with E-state index in [9.17, 15) is 4.21 Å². The van der Waals surface area contributed by atoms with Gasteiger partial charge in [-0.3, -0.25) is 4.78 Å². The minimum Gasteiger partial charge on any atom is -0.313 e. The molecule has 2 unspecified atom stereocenters. The average Bonchev–Trinajstić information content (AvgIpc) is 2.06. The van der Waals surface area contributed by atoms with Gasteiger partial charge in [-0.1, -0.05) is 13.3 Å². The summed E-state index contributed by atoms with van der Waals surface area (Å²) < 4.78 is 18.9.